The maximum Gasteiger partial charge on any atom is 0.451 e. The summed E-state index contributed by atoms with van der Waals surface area (Å²) in [7, 11) is 0. The van der Waals surface area contributed by atoms with Gasteiger partial charge in [0.15, 0.2) is 0 Å². The fraction of sp³-hybridized carbons (Fsp3) is 0.500. The highest BCUT2D eigenvalue weighted by atomic mass is 35.5. The van der Waals surface area contributed by atoms with Crippen LogP contribution in [0.3, 0.4) is 0 Å². The summed E-state index contributed by atoms with van der Waals surface area (Å²) in [4.78, 5) is 6.66. The highest BCUT2D eigenvalue weighted by Gasteiger charge is 2.45. The summed E-state index contributed by atoms with van der Waals surface area (Å²) >= 11 is 5.88. The molecule has 0 atom stereocenters. The SMILES string of the molecule is FC1(F)CCC(CNCc2cccc(C(F)(F)F)c2Cl)(c2cnc(C(F)(F)F)nc2)CC1. The van der Waals surface area contributed by atoms with E-state index in [1.807, 2.05) is 0 Å². The standard InChI is InChI=1S/C20H18ClF8N3/c21-15-12(2-1-3-14(15)19(24,25)26)8-30-11-17(4-6-18(22,23)7-5-17)13-9-31-16(32-10-13)20(27,28)29/h1-3,9-10,30H,4-8,11H2. The van der Waals surface area contributed by atoms with Crippen LogP contribution in [0.5, 0.6) is 0 Å². The fourth-order valence-electron chi connectivity index (χ4n) is 3.78. The summed E-state index contributed by atoms with van der Waals surface area (Å²) in [6.07, 6.45) is -8.53. The lowest BCUT2D eigenvalue weighted by Crippen LogP contribution is -2.44. The lowest BCUT2D eigenvalue weighted by atomic mass is 9.69. The van der Waals surface area contributed by atoms with Gasteiger partial charge in [-0.25, -0.2) is 18.7 Å². The molecule has 0 aliphatic heterocycles. The molecule has 1 heterocycles. The Labute approximate surface area is 183 Å². The van der Waals surface area contributed by atoms with Crippen LogP contribution in [0.2, 0.25) is 5.02 Å². The number of benzene rings is 1. The number of nitrogens with zero attached hydrogens (tertiary/aromatic N) is 2. The molecule has 0 unspecified atom stereocenters. The van der Waals surface area contributed by atoms with Crippen molar-refractivity contribution in [1.82, 2.24) is 15.3 Å². The van der Waals surface area contributed by atoms with Gasteiger partial charge in [-0.2, -0.15) is 26.3 Å². The third kappa shape index (κ3) is 5.48. The molecule has 1 aliphatic rings. The number of nitrogens with one attached hydrogen (secondary N) is 1. The monoisotopic (exact) mass is 487 g/mol. The molecule has 1 fully saturated rings. The molecule has 32 heavy (non-hydrogen) atoms. The van der Waals surface area contributed by atoms with E-state index in [9.17, 15) is 35.1 Å². The van der Waals surface area contributed by atoms with Gasteiger partial charge in [-0.3, -0.25) is 0 Å². The number of rotatable bonds is 5. The summed E-state index contributed by atoms with van der Waals surface area (Å²) in [6, 6.07) is 3.44. The van der Waals surface area contributed by atoms with Crippen molar-refractivity contribution in [3.8, 4) is 0 Å². The van der Waals surface area contributed by atoms with Crippen molar-refractivity contribution in [1.29, 1.82) is 0 Å². The van der Waals surface area contributed by atoms with Gasteiger partial charge in [0.2, 0.25) is 11.7 Å². The molecule has 1 saturated carbocycles. The molecule has 1 aromatic heterocycles. The van der Waals surface area contributed by atoms with Gasteiger partial charge in [-0.15, -0.1) is 0 Å². The van der Waals surface area contributed by atoms with Crippen molar-refractivity contribution in [2.24, 2.45) is 0 Å². The second-order valence-electron chi connectivity index (χ2n) is 7.81. The van der Waals surface area contributed by atoms with Gasteiger partial charge in [0.05, 0.1) is 10.6 Å². The smallest absolute Gasteiger partial charge is 0.312 e. The number of hydrogen-bond acceptors (Lipinski definition) is 3. The maximum absolute atomic E-state index is 13.8. The van der Waals surface area contributed by atoms with Crippen LogP contribution >= 0.6 is 11.6 Å². The van der Waals surface area contributed by atoms with Gasteiger partial charge in [0, 0.05) is 43.7 Å². The van der Waals surface area contributed by atoms with Crippen LogP contribution in [-0.2, 0) is 24.3 Å². The number of hydrogen-bond donors (Lipinski definition) is 1. The molecule has 1 N–H and O–H groups in total. The van der Waals surface area contributed by atoms with E-state index in [4.69, 9.17) is 11.6 Å². The van der Waals surface area contributed by atoms with E-state index >= 15 is 0 Å². The summed E-state index contributed by atoms with van der Waals surface area (Å²) < 4.78 is 105. The van der Waals surface area contributed by atoms with Crippen LogP contribution in [0.15, 0.2) is 30.6 Å². The molecular weight excluding hydrogens is 470 g/mol. The summed E-state index contributed by atoms with van der Waals surface area (Å²) in [5, 5.41) is 2.45. The summed E-state index contributed by atoms with van der Waals surface area (Å²) in [6.45, 7) is -0.0766. The minimum atomic E-state index is -4.75. The molecule has 0 spiro atoms. The predicted molar refractivity (Wildman–Crippen MR) is 100 cm³/mol. The van der Waals surface area contributed by atoms with Gasteiger partial charge in [0.25, 0.3) is 0 Å². The minimum Gasteiger partial charge on any atom is -0.312 e. The van der Waals surface area contributed by atoms with E-state index in [0.29, 0.717) is 0 Å². The van der Waals surface area contributed by atoms with Gasteiger partial charge in [0.1, 0.15) is 0 Å². The lowest BCUT2D eigenvalue weighted by molar-refractivity contribution is -0.145. The molecule has 0 radical (unpaired) electrons. The van der Waals surface area contributed by atoms with Crippen LogP contribution in [0.4, 0.5) is 35.1 Å². The molecule has 12 heteroatoms. The first-order valence-electron chi connectivity index (χ1n) is 9.56. The van der Waals surface area contributed by atoms with E-state index < -0.39 is 52.9 Å². The van der Waals surface area contributed by atoms with Crippen LogP contribution in [-0.4, -0.2) is 22.4 Å². The predicted octanol–water partition coefficient (Wildman–Crippen LogP) is 6.40. The highest BCUT2D eigenvalue weighted by Crippen LogP contribution is 2.45. The van der Waals surface area contributed by atoms with Crippen molar-refractivity contribution < 1.29 is 35.1 Å². The molecule has 0 saturated heterocycles. The van der Waals surface area contributed by atoms with Gasteiger partial charge in [-0.05, 0) is 30.0 Å². The topological polar surface area (TPSA) is 37.8 Å². The van der Waals surface area contributed by atoms with Crippen LogP contribution in [0.1, 0.15) is 48.2 Å². The molecule has 3 rings (SSSR count). The summed E-state index contributed by atoms with van der Waals surface area (Å²) in [5.41, 5.74) is -1.59. The van der Waals surface area contributed by atoms with Crippen molar-refractivity contribution in [2.75, 3.05) is 6.54 Å². The maximum atomic E-state index is 13.8. The minimum absolute atomic E-state index is 0.0182. The second kappa shape index (κ2) is 8.74. The molecule has 0 amide bonds. The number of halogens is 9. The van der Waals surface area contributed by atoms with Gasteiger partial charge >= 0.3 is 12.4 Å². The van der Waals surface area contributed by atoms with Crippen molar-refractivity contribution in [3.63, 3.8) is 0 Å². The largest absolute Gasteiger partial charge is 0.451 e. The molecule has 2 aromatic rings. The average molecular weight is 488 g/mol. The van der Waals surface area contributed by atoms with E-state index in [-0.39, 0.29) is 37.1 Å². The highest BCUT2D eigenvalue weighted by molar-refractivity contribution is 6.32. The zero-order valence-corrected chi connectivity index (χ0v) is 17.2. The average Bonchev–Trinajstić information content (AvgIpc) is 2.69. The molecular formula is C20H18ClF8N3. The van der Waals surface area contributed by atoms with E-state index in [1.165, 1.54) is 12.1 Å². The van der Waals surface area contributed by atoms with Gasteiger partial charge in [-0.1, -0.05) is 23.7 Å². The number of alkyl halides is 8. The Morgan fingerprint density at radius 2 is 1.50 bits per heavy atom. The molecule has 176 valence electrons. The van der Waals surface area contributed by atoms with E-state index in [2.05, 4.69) is 15.3 Å². The molecule has 1 aliphatic carbocycles. The van der Waals surface area contributed by atoms with Crippen molar-refractivity contribution in [2.45, 2.75) is 55.9 Å². The Bertz CT molecular complexity index is 931. The fourth-order valence-corrected chi connectivity index (χ4v) is 4.08. The summed E-state index contributed by atoms with van der Waals surface area (Å²) in [5.74, 6) is -4.25. The molecule has 3 nitrogen and oxygen atoms in total. The zero-order valence-electron chi connectivity index (χ0n) is 16.4. The Kier molecular flexibility index (Phi) is 6.72. The third-order valence-electron chi connectivity index (χ3n) is 5.62. The third-order valence-corrected chi connectivity index (χ3v) is 6.07. The zero-order chi connectivity index (χ0) is 23.8. The normalized spacial score (nSPS) is 18.5. The van der Waals surface area contributed by atoms with Crippen LogP contribution < -0.4 is 5.32 Å². The first kappa shape index (κ1) is 24.6. The van der Waals surface area contributed by atoms with Crippen molar-refractivity contribution >= 4 is 11.6 Å². The van der Waals surface area contributed by atoms with Crippen LogP contribution in [0, 0.1) is 0 Å². The van der Waals surface area contributed by atoms with Crippen LogP contribution in [0.25, 0.3) is 0 Å². The lowest BCUT2D eigenvalue weighted by Gasteiger charge is -2.40. The molecule has 1 aromatic carbocycles. The van der Waals surface area contributed by atoms with E-state index in [0.717, 1.165) is 18.5 Å². The first-order chi connectivity index (χ1) is 14.7. The Morgan fingerprint density at radius 3 is 2.03 bits per heavy atom. The Morgan fingerprint density at radius 1 is 0.906 bits per heavy atom. The molecule has 0 bridgehead atoms. The first-order valence-corrected chi connectivity index (χ1v) is 9.94. The second-order valence-corrected chi connectivity index (χ2v) is 8.19. The van der Waals surface area contributed by atoms with E-state index in [1.54, 1.807) is 0 Å². The Balaban J connectivity index is 1.81. The number of aromatic nitrogens is 2. The quantitative estimate of drug-likeness (QED) is 0.496. The Hall–Kier alpha value is -2.01. The van der Waals surface area contributed by atoms with Gasteiger partial charge < -0.3 is 5.32 Å². The van der Waals surface area contributed by atoms with Crippen molar-refractivity contribution in [3.05, 3.63) is 58.1 Å².